The van der Waals surface area contributed by atoms with Gasteiger partial charge in [0.25, 0.3) is 6.43 Å². The maximum Gasteiger partial charge on any atom is 0.280 e. The highest BCUT2D eigenvalue weighted by Gasteiger charge is 2.13. The lowest BCUT2D eigenvalue weighted by atomic mass is 10.2. The third-order valence-electron chi connectivity index (χ3n) is 1.07. The molecule has 1 aliphatic rings. The molecule has 2 nitrogen and oxygen atoms in total. The Labute approximate surface area is 56.3 Å². The lowest BCUT2D eigenvalue weighted by Gasteiger charge is -2.02. The summed E-state index contributed by atoms with van der Waals surface area (Å²) in [5, 5.41) is 0. The van der Waals surface area contributed by atoms with E-state index in [0.717, 1.165) is 6.08 Å². The number of alkyl halides is 2. The third-order valence-corrected chi connectivity index (χ3v) is 1.07. The average molecular weight is 145 g/mol. The van der Waals surface area contributed by atoms with Crippen molar-refractivity contribution in [3.05, 3.63) is 11.8 Å². The molecule has 0 aromatic heterocycles. The van der Waals surface area contributed by atoms with Gasteiger partial charge in [-0.3, -0.25) is 9.79 Å². The van der Waals surface area contributed by atoms with Gasteiger partial charge in [0, 0.05) is 18.7 Å². The molecule has 0 unspecified atom stereocenters. The Morgan fingerprint density at radius 1 is 1.60 bits per heavy atom. The molecule has 0 fully saturated rings. The van der Waals surface area contributed by atoms with E-state index in [1.54, 1.807) is 0 Å². The molecule has 0 radical (unpaired) electrons. The Hall–Kier alpha value is -1.06. The van der Waals surface area contributed by atoms with Gasteiger partial charge in [-0.15, -0.1) is 0 Å². The monoisotopic (exact) mass is 145 g/mol. The van der Waals surface area contributed by atoms with E-state index in [1.807, 2.05) is 0 Å². The van der Waals surface area contributed by atoms with Crippen LogP contribution in [-0.4, -0.2) is 18.4 Å². The molecule has 54 valence electrons. The highest BCUT2D eigenvalue weighted by Crippen LogP contribution is 2.12. The minimum absolute atomic E-state index is 0.135. The predicted octanol–water partition coefficient (Wildman–Crippen LogP) is 1.18. The SMILES string of the molecule is O=C1C=C(C(F)F)N=CC1. The summed E-state index contributed by atoms with van der Waals surface area (Å²) in [6, 6.07) is 0. The number of halogens is 2. The molecule has 0 aromatic rings. The number of nitrogens with zero attached hydrogens (tertiary/aromatic N) is 1. The topological polar surface area (TPSA) is 29.4 Å². The fourth-order valence-electron chi connectivity index (χ4n) is 0.621. The van der Waals surface area contributed by atoms with Crippen LogP contribution in [0.5, 0.6) is 0 Å². The second kappa shape index (κ2) is 2.68. The van der Waals surface area contributed by atoms with Crippen molar-refractivity contribution in [1.82, 2.24) is 0 Å². The first kappa shape index (κ1) is 7.05. The summed E-state index contributed by atoms with van der Waals surface area (Å²) in [5.74, 6) is -0.315. The van der Waals surface area contributed by atoms with Gasteiger partial charge in [-0.05, 0) is 0 Å². The van der Waals surface area contributed by atoms with Crippen molar-refractivity contribution in [3.63, 3.8) is 0 Å². The van der Waals surface area contributed by atoms with Crippen molar-refractivity contribution in [2.75, 3.05) is 0 Å². The first-order valence-electron chi connectivity index (χ1n) is 2.75. The molecule has 0 aromatic carbocycles. The van der Waals surface area contributed by atoms with E-state index in [2.05, 4.69) is 4.99 Å². The molecule has 0 atom stereocenters. The van der Waals surface area contributed by atoms with Crippen LogP contribution in [-0.2, 0) is 4.79 Å². The molecule has 4 heteroatoms. The molecule has 0 bridgehead atoms. The van der Waals surface area contributed by atoms with Gasteiger partial charge in [-0.25, -0.2) is 8.78 Å². The lowest BCUT2D eigenvalue weighted by Crippen LogP contribution is -2.05. The molecule has 1 aliphatic heterocycles. The quantitative estimate of drug-likeness (QED) is 0.544. The zero-order valence-corrected chi connectivity index (χ0v) is 5.05. The van der Waals surface area contributed by atoms with Crippen LogP contribution >= 0.6 is 0 Å². The summed E-state index contributed by atoms with van der Waals surface area (Å²) in [6.45, 7) is 0. The number of carbonyl (C=O) groups excluding carboxylic acids is 1. The number of hydrogen-bond acceptors (Lipinski definition) is 2. The minimum atomic E-state index is -2.64. The fraction of sp³-hybridized carbons (Fsp3) is 0.333. The van der Waals surface area contributed by atoms with Crippen LogP contribution < -0.4 is 0 Å². The average Bonchev–Trinajstić information content (AvgIpc) is 1.88. The number of aliphatic imine (C=N–C) groups is 1. The van der Waals surface area contributed by atoms with Crippen LogP contribution in [0.4, 0.5) is 8.78 Å². The maximum absolute atomic E-state index is 11.8. The van der Waals surface area contributed by atoms with Crippen molar-refractivity contribution in [3.8, 4) is 0 Å². The van der Waals surface area contributed by atoms with E-state index < -0.39 is 12.1 Å². The Balaban J connectivity index is 2.76. The zero-order chi connectivity index (χ0) is 7.56. The van der Waals surface area contributed by atoms with Crippen molar-refractivity contribution in [1.29, 1.82) is 0 Å². The smallest absolute Gasteiger partial charge is 0.280 e. The van der Waals surface area contributed by atoms with Crippen molar-refractivity contribution >= 4 is 12.0 Å². The van der Waals surface area contributed by atoms with E-state index in [4.69, 9.17) is 0 Å². The summed E-state index contributed by atoms with van der Waals surface area (Å²) in [7, 11) is 0. The third kappa shape index (κ3) is 1.46. The molecule has 0 saturated heterocycles. The van der Waals surface area contributed by atoms with Crippen LogP contribution in [0, 0.1) is 0 Å². The van der Waals surface area contributed by atoms with Gasteiger partial charge in [0.1, 0.15) is 5.70 Å². The first-order valence-corrected chi connectivity index (χ1v) is 2.75. The summed E-state index contributed by atoms with van der Waals surface area (Å²) >= 11 is 0. The highest BCUT2D eigenvalue weighted by atomic mass is 19.3. The van der Waals surface area contributed by atoms with Gasteiger partial charge in [-0.2, -0.15) is 0 Å². The highest BCUT2D eigenvalue weighted by molar-refractivity contribution is 6.01. The molecular formula is C6H5F2NO. The standard InChI is InChI=1S/C6H5F2NO/c7-6(8)5-3-4(10)1-2-9-5/h2-3,6H,1H2. The molecular weight excluding hydrogens is 140 g/mol. The van der Waals surface area contributed by atoms with Crippen LogP contribution in [0.1, 0.15) is 6.42 Å². The molecule has 10 heavy (non-hydrogen) atoms. The van der Waals surface area contributed by atoms with Crippen LogP contribution in [0.2, 0.25) is 0 Å². The van der Waals surface area contributed by atoms with Gasteiger partial charge < -0.3 is 0 Å². The summed E-state index contributed by atoms with van der Waals surface area (Å²) < 4.78 is 23.5. The molecule has 0 saturated carbocycles. The van der Waals surface area contributed by atoms with Gasteiger partial charge in [-0.1, -0.05) is 0 Å². The number of ketones is 1. The Bertz CT molecular complexity index is 208. The fourth-order valence-corrected chi connectivity index (χ4v) is 0.621. The predicted molar refractivity (Wildman–Crippen MR) is 32.2 cm³/mol. The number of hydrogen-bond donors (Lipinski definition) is 0. The van der Waals surface area contributed by atoms with Crippen LogP contribution in [0.25, 0.3) is 0 Å². The van der Waals surface area contributed by atoms with Crippen molar-refractivity contribution in [2.24, 2.45) is 4.99 Å². The van der Waals surface area contributed by atoms with E-state index in [0.29, 0.717) is 0 Å². The normalized spacial score (nSPS) is 17.9. The Morgan fingerprint density at radius 2 is 2.30 bits per heavy atom. The lowest BCUT2D eigenvalue weighted by molar-refractivity contribution is -0.113. The van der Waals surface area contributed by atoms with E-state index in [-0.39, 0.29) is 12.2 Å². The molecule has 1 rings (SSSR count). The molecule has 0 aliphatic carbocycles. The van der Waals surface area contributed by atoms with Gasteiger partial charge in [0.2, 0.25) is 0 Å². The van der Waals surface area contributed by atoms with Gasteiger partial charge in [0.05, 0.1) is 0 Å². The van der Waals surface area contributed by atoms with Crippen molar-refractivity contribution in [2.45, 2.75) is 12.8 Å². The van der Waals surface area contributed by atoms with E-state index >= 15 is 0 Å². The molecule has 1 heterocycles. The van der Waals surface area contributed by atoms with Crippen LogP contribution in [0.15, 0.2) is 16.8 Å². The van der Waals surface area contributed by atoms with Gasteiger partial charge in [0.15, 0.2) is 5.78 Å². The number of rotatable bonds is 1. The zero-order valence-electron chi connectivity index (χ0n) is 5.05. The maximum atomic E-state index is 11.8. The second-order valence-electron chi connectivity index (χ2n) is 1.85. The summed E-state index contributed by atoms with van der Waals surface area (Å²) in [4.78, 5) is 13.8. The van der Waals surface area contributed by atoms with Crippen LogP contribution in [0.3, 0.4) is 0 Å². The summed E-state index contributed by atoms with van der Waals surface area (Å²) in [6.07, 6.45) is -0.425. The Kier molecular flexibility index (Phi) is 1.89. The Morgan fingerprint density at radius 3 is 2.70 bits per heavy atom. The number of carbonyl (C=O) groups is 1. The minimum Gasteiger partial charge on any atom is -0.294 e. The molecule has 0 N–H and O–H groups in total. The second-order valence-corrected chi connectivity index (χ2v) is 1.85. The largest absolute Gasteiger partial charge is 0.294 e. The number of allylic oxidation sites excluding steroid dienone is 2. The molecule has 0 amide bonds. The van der Waals surface area contributed by atoms with E-state index in [1.165, 1.54) is 6.21 Å². The first-order chi connectivity index (χ1) is 4.70. The molecule has 0 spiro atoms. The van der Waals surface area contributed by atoms with Crippen molar-refractivity contribution < 1.29 is 13.6 Å². The van der Waals surface area contributed by atoms with Gasteiger partial charge >= 0.3 is 0 Å². The van der Waals surface area contributed by atoms with E-state index in [9.17, 15) is 13.6 Å². The summed E-state index contributed by atoms with van der Waals surface area (Å²) in [5.41, 5.74) is -0.434.